The first kappa shape index (κ1) is 34.0. The maximum atomic E-state index is 13.6. The third-order valence-corrected chi connectivity index (χ3v) is 10.9. The van der Waals surface area contributed by atoms with E-state index >= 15 is 0 Å². The van der Waals surface area contributed by atoms with E-state index in [0.29, 0.717) is 19.8 Å². The fourth-order valence-corrected chi connectivity index (χ4v) is 7.66. The Balaban J connectivity index is 1.54. The van der Waals surface area contributed by atoms with Gasteiger partial charge in [0, 0.05) is 0 Å². The predicted octanol–water partition coefficient (Wildman–Crippen LogP) is 7.22. The van der Waals surface area contributed by atoms with Gasteiger partial charge in [0.1, 0.15) is 29.9 Å². The molecule has 3 aromatic carbocycles. The van der Waals surface area contributed by atoms with E-state index in [1.54, 1.807) is 11.8 Å². The van der Waals surface area contributed by atoms with E-state index in [9.17, 15) is 4.21 Å². The van der Waals surface area contributed by atoms with Crippen molar-refractivity contribution in [3.05, 3.63) is 120 Å². The van der Waals surface area contributed by atoms with E-state index < -0.39 is 40.1 Å². The highest BCUT2D eigenvalue weighted by Gasteiger charge is 2.52. The molecule has 0 spiro atoms. The van der Waals surface area contributed by atoms with Crippen LogP contribution in [-0.4, -0.2) is 50.6 Å². The van der Waals surface area contributed by atoms with Gasteiger partial charge in [0.2, 0.25) is 0 Å². The number of hydrogen-bond acceptors (Lipinski definition) is 6. The van der Waals surface area contributed by atoms with E-state index in [-0.39, 0.29) is 17.4 Å². The summed E-state index contributed by atoms with van der Waals surface area (Å²) in [6, 6.07) is 30.3. The van der Waals surface area contributed by atoms with Gasteiger partial charge in [-0.15, -0.1) is 11.8 Å². The number of ether oxygens (including phenoxy) is 4. The maximum Gasteiger partial charge on any atom is 0.132 e. The lowest BCUT2D eigenvalue weighted by molar-refractivity contribution is -0.252. The fraction of sp³-hybridized carbons (Fsp3) is 0.459. The molecule has 2 heterocycles. The topological polar surface area (TPSA) is 66.0 Å². The second-order valence-electron chi connectivity index (χ2n) is 12.7. The van der Waals surface area contributed by atoms with Crippen LogP contribution in [0.5, 0.6) is 0 Å². The summed E-state index contributed by atoms with van der Waals surface area (Å²) in [5.74, 6) is 0.920. The lowest BCUT2D eigenvalue weighted by Crippen LogP contribution is -2.65. The van der Waals surface area contributed by atoms with Gasteiger partial charge in [-0.2, -0.15) is 0 Å². The third kappa shape index (κ3) is 9.61. The first-order chi connectivity index (χ1) is 21.8. The SMILES string of the molecule is C[C@@H]1/C=C\CCS[C@H]2O[C@H]([C@@H]1N[S@](=O)C(C)(C)C)[C@H](OCc1ccccc1)[C@H](OCc1ccccc1)[C@H]2OCc1ccccc1. The molecular weight excluding hydrogens is 603 g/mol. The van der Waals surface area contributed by atoms with Crippen molar-refractivity contribution in [2.75, 3.05) is 5.75 Å². The molecule has 5 rings (SSSR count). The van der Waals surface area contributed by atoms with Crippen LogP contribution in [0, 0.1) is 5.92 Å². The summed E-state index contributed by atoms with van der Waals surface area (Å²) in [6.45, 7) is 9.35. The summed E-state index contributed by atoms with van der Waals surface area (Å²) < 4.78 is 44.2. The fourth-order valence-electron chi connectivity index (χ4n) is 5.57. The second-order valence-corrected chi connectivity index (χ2v) is 15.9. The molecule has 45 heavy (non-hydrogen) atoms. The monoisotopic (exact) mass is 649 g/mol. The van der Waals surface area contributed by atoms with Crippen LogP contribution in [0.25, 0.3) is 0 Å². The molecule has 2 aliphatic heterocycles. The molecule has 0 unspecified atom stereocenters. The molecule has 1 fully saturated rings. The molecule has 3 aromatic rings. The Kier molecular flexibility index (Phi) is 12.5. The predicted molar refractivity (Wildman–Crippen MR) is 184 cm³/mol. The quantitative estimate of drug-likeness (QED) is 0.222. The van der Waals surface area contributed by atoms with Crippen LogP contribution in [-0.2, 0) is 49.8 Å². The minimum atomic E-state index is -1.32. The van der Waals surface area contributed by atoms with E-state index in [2.05, 4.69) is 60.2 Å². The summed E-state index contributed by atoms with van der Waals surface area (Å²) in [7, 11) is -1.32. The Hall–Kier alpha value is -2.30. The maximum absolute atomic E-state index is 13.6. The minimum Gasteiger partial charge on any atom is -0.368 e. The summed E-state index contributed by atoms with van der Waals surface area (Å²) in [5, 5.41) is 0. The smallest absolute Gasteiger partial charge is 0.132 e. The molecule has 242 valence electrons. The number of benzene rings is 3. The zero-order valence-electron chi connectivity index (χ0n) is 26.7. The molecule has 8 heteroatoms. The molecule has 6 nitrogen and oxygen atoms in total. The Labute approximate surface area is 275 Å². The molecule has 2 aliphatic rings. The molecular formula is C37H47NO5S2. The van der Waals surface area contributed by atoms with Gasteiger partial charge in [-0.3, -0.25) is 0 Å². The average molecular weight is 650 g/mol. The summed E-state index contributed by atoms with van der Waals surface area (Å²) >= 11 is 1.75. The molecule has 0 aliphatic carbocycles. The molecule has 8 atom stereocenters. The van der Waals surface area contributed by atoms with Gasteiger partial charge in [0.15, 0.2) is 0 Å². The van der Waals surface area contributed by atoms with Crippen molar-refractivity contribution in [2.45, 2.75) is 94.6 Å². The van der Waals surface area contributed by atoms with Crippen LogP contribution in [0.3, 0.4) is 0 Å². The Morgan fingerprint density at radius 1 is 0.778 bits per heavy atom. The van der Waals surface area contributed by atoms with Crippen LogP contribution in [0.4, 0.5) is 0 Å². The first-order valence-electron chi connectivity index (χ1n) is 15.9. The van der Waals surface area contributed by atoms with Crippen LogP contribution in [0.2, 0.25) is 0 Å². The summed E-state index contributed by atoms with van der Waals surface area (Å²) in [6.07, 6.45) is 3.55. The third-order valence-electron chi connectivity index (χ3n) is 8.11. The zero-order chi connectivity index (χ0) is 31.6. The van der Waals surface area contributed by atoms with Crippen LogP contribution >= 0.6 is 11.8 Å². The van der Waals surface area contributed by atoms with Crippen molar-refractivity contribution in [3.8, 4) is 0 Å². The molecule has 1 saturated heterocycles. The number of allylic oxidation sites excluding steroid dienone is 1. The Morgan fingerprint density at radius 2 is 1.27 bits per heavy atom. The van der Waals surface area contributed by atoms with Gasteiger partial charge in [-0.1, -0.05) is 110 Å². The highest BCUT2D eigenvalue weighted by Crippen LogP contribution is 2.38. The lowest BCUT2D eigenvalue weighted by Gasteiger charge is -2.49. The second kappa shape index (κ2) is 16.5. The van der Waals surface area contributed by atoms with Crippen LogP contribution in [0.1, 0.15) is 50.8 Å². The van der Waals surface area contributed by atoms with E-state index in [4.69, 9.17) is 18.9 Å². The lowest BCUT2D eigenvalue weighted by atomic mass is 9.87. The first-order valence-corrected chi connectivity index (χ1v) is 18.1. The van der Waals surface area contributed by atoms with E-state index in [0.717, 1.165) is 28.9 Å². The molecule has 1 N–H and O–H groups in total. The molecule has 0 radical (unpaired) electrons. The van der Waals surface area contributed by atoms with E-state index in [1.165, 1.54) is 0 Å². The Bertz CT molecular complexity index is 1350. The number of rotatable bonds is 11. The number of nitrogens with one attached hydrogen (secondary N) is 1. The summed E-state index contributed by atoms with van der Waals surface area (Å²) in [4.78, 5) is 0. The summed E-state index contributed by atoms with van der Waals surface area (Å²) in [5.41, 5.74) is 2.93. The van der Waals surface area contributed by atoms with Crippen molar-refractivity contribution in [1.29, 1.82) is 0 Å². The van der Waals surface area contributed by atoms with E-state index in [1.807, 2.05) is 75.4 Å². The van der Waals surface area contributed by atoms with Crippen molar-refractivity contribution >= 4 is 22.7 Å². The standard InChI is InChI=1S/C37H47NO5S2/c1-27-16-14-15-23-44-36-35(42-26-30-21-12-7-13-22-30)34(41-25-29-19-10-6-11-20-29)33(40-24-28-17-8-5-9-18-28)32(43-36)31(27)38-45(39)37(2,3)4/h5-14,16-22,27,31-36,38H,15,23-26H2,1-4H3/b16-14-/t27-,31-,32-,33+,34+,35-,36-,45-/m1/s1. The minimum absolute atomic E-state index is 0.0319. The van der Waals surface area contributed by atoms with Gasteiger partial charge in [-0.05, 0) is 55.6 Å². The van der Waals surface area contributed by atoms with Crippen molar-refractivity contribution in [3.63, 3.8) is 0 Å². The van der Waals surface area contributed by atoms with Gasteiger partial charge in [0.25, 0.3) is 0 Å². The van der Waals surface area contributed by atoms with Crippen molar-refractivity contribution in [1.82, 2.24) is 4.72 Å². The number of thioether (sulfide) groups is 1. The molecule has 0 saturated carbocycles. The normalized spacial score (nSPS) is 28.7. The largest absolute Gasteiger partial charge is 0.368 e. The van der Waals surface area contributed by atoms with Gasteiger partial charge in [0.05, 0.1) is 41.6 Å². The Morgan fingerprint density at radius 3 is 1.78 bits per heavy atom. The van der Waals surface area contributed by atoms with Crippen molar-refractivity contribution < 1.29 is 23.2 Å². The number of fused-ring (bicyclic) bond motifs is 2. The van der Waals surface area contributed by atoms with Crippen LogP contribution in [0.15, 0.2) is 103 Å². The zero-order valence-corrected chi connectivity index (χ0v) is 28.4. The van der Waals surface area contributed by atoms with Gasteiger partial charge < -0.3 is 18.9 Å². The molecule has 0 aromatic heterocycles. The highest BCUT2D eigenvalue weighted by atomic mass is 32.2. The van der Waals surface area contributed by atoms with Crippen molar-refractivity contribution in [2.24, 2.45) is 5.92 Å². The molecule has 0 amide bonds. The van der Waals surface area contributed by atoms with Crippen LogP contribution < -0.4 is 4.72 Å². The number of hydrogen-bond donors (Lipinski definition) is 1. The molecule has 2 bridgehead atoms. The van der Waals surface area contributed by atoms with Gasteiger partial charge in [-0.25, -0.2) is 8.93 Å². The highest BCUT2D eigenvalue weighted by molar-refractivity contribution is 7.99. The van der Waals surface area contributed by atoms with Gasteiger partial charge >= 0.3 is 0 Å². The average Bonchev–Trinajstić information content (AvgIpc) is 3.05.